The molecule has 0 aliphatic carbocycles. The SMILES string of the molecule is COC(=O)[C@@H]1C(=O)N(C(=O)OC(C)(C)C)[C@@H](C)[C@H]1CS(=O)(=O)N(C)C. The Morgan fingerprint density at radius 3 is 2.16 bits per heavy atom. The molecule has 0 saturated carbocycles. The minimum Gasteiger partial charge on any atom is -0.468 e. The Morgan fingerprint density at radius 1 is 1.24 bits per heavy atom. The number of ether oxygens (including phenoxy) is 2. The summed E-state index contributed by atoms with van der Waals surface area (Å²) >= 11 is 0. The van der Waals surface area contributed by atoms with E-state index >= 15 is 0 Å². The van der Waals surface area contributed by atoms with Gasteiger partial charge in [-0.05, 0) is 27.7 Å². The second-order valence-corrected chi connectivity index (χ2v) is 9.38. The maximum Gasteiger partial charge on any atom is 0.417 e. The van der Waals surface area contributed by atoms with E-state index in [1.807, 2.05) is 0 Å². The number of carbonyl (C=O) groups excluding carboxylic acids is 3. The van der Waals surface area contributed by atoms with E-state index in [4.69, 9.17) is 4.74 Å². The summed E-state index contributed by atoms with van der Waals surface area (Å²) in [4.78, 5) is 37.8. The van der Waals surface area contributed by atoms with E-state index in [1.54, 1.807) is 20.8 Å². The van der Waals surface area contributed by atoms with Crippen LogP contribution in [0.4, 0.5) is 4.79 Å². The van der Waals surface area contributed by atoms with Crippen molar-refractivity contribution in [1.29, 1.82) is 0 Å². The zero-order valence-electron chi connectivity index (χ0n) is 15.6. The summed E-state index contributed by atoms with van der Waals surface area (Å²) in [6, 6.07) is -0.832. The molecule has 0 aromatic heterocycles. The summed E-state index contributed by atoms with van der Waals surface area (Å²) in [5.74, 6) is -4.46. The molecule has 0 unspecified atom stereocenters. The average Bonchev–Trinajstić information content (AvgIpc) is 2.66. The van der Waals surface area contributed by atoms with Gasteiger partial charge in [0.1, 0.15) is 11.5 Å². The van der Waals surface area contributed by atoms with Crippen molar-refractivity contribution in [3.63, 3.8) is 0 Å². The molecule has 9 nitrogen and oxygen atoms in total. The largest absolute Gasteiger partial charge is 0.468 e. The van der Waals surface area contributed by atoms with Crippen molar-refractivity contribution in [3.05, 3.63) is 0 Å². The van der Waals surface area contributed by atoms with E-state index < -0.39 is 57.2 Å². The normalized spacial score (nSPS) is 24.6. The van der Waals surface area contributed by atoms with Gasteiger partial charge < -0.3 is 9.47 Å². The number of methoxy groups -OCH3 is 1. The summed E-state index contributed by atoms with van der Waals surface area (Å²) in [6.07, 6.45) is -0.913. The van der Waals surface area contributed by atoms with Gasteiger partial charge in [0, 0.05) is 26.1 Å². The summed E-state index contributed by atoms with van der Waals surface area (Å²) in [6.45, 7) is 6.44. The summed E-state index contributed by atoms with van der Waals surface area (Å²) in [7, 11) is 0.116. The molecule has 0 N–H and O–H groups in total. The second kappa shape index (κ2) is 7.28. The number of esters is 1. The van der Waals surface area contributed by atoms with E-state index in [2.05, 4.69) is 4.74 Å². The first-order chi connectivity index (χ1) is 11.2. The summed E-state index contributed by atoms with van der Waals surface area (Å²) in [5, 5.41) is 0. The molecule has 2 amide bonds. The number of hydrogen-bond acceptors (Lipinski definition) is 7. The van der Waals surface area contributed by atoms with Crippen LogP contribution < -0.4 is 0 Å². The summed E-state index contributed by atoms with van der Waals surface area (Å²) in [5.41, 5.74) is -0.842. The van der Waals surface area contributed by atoms with Crippen LogP contribution in [0.15, 0.2) is 0 Å². The number of likely N-dealkylation sites (tertiary alicyclic amines) is 1. The quantitative estimate of drug-likeness (QED) is 0.516. The van der Waals surface area contributed by atoms with Gasteiger partial charge in [0.15, 0.2) is 0 Å². The molecule has 144 valence electrons. The van der Waals surface area contributed by atoms with Crippen molar-refractivity contribution in [2.24, 2.45) is 11.8 Å². The second-order valence-electron chi connectivity index (χ2n) is 7.15. The van der Waals surface area contributed by atoms with Crippen LogP contribution >= 0.6 is 0 Å². The van der Waals surface area contributed by atoms with Crippen LogP contribution in [0, 0.1) is 11.8 Å². The highest BCUT2D eigenvalue weighted by atomic mass is 32.2. The zero-order chi connectivity index (χ0) is 19.7. The Balaban J connectivity index is 3.24. The molecule has 1 heterocycles. The van der Waals surface area contributed by atoms with E-state index in [1.165, 1.54) is 21.0 Å². The maximum absolute atomic E-state index is 12.6. The molecule has 10 heteroatoms. The predicted octanol–water partition coefficient (Wildman–Crippen LogP) is 0.449. The minimum atomic E-state index is -3.70. The van der Waals surface area contributed by atoms with Crippen molar-refractivity contribution in [3.8, 4) is 0 Å². The third-order valence-electron chi connectivity index (χ3n) is 3.96. The van der Waals surface area contributed by atoms with Crippen LogP contribution in [0.3, 0.4) is 0 Å². The molecule has 0 radical (unpaired) electrons. The fraction of sp³-hybridized carbons (Fsp3) is 0.800. The first-order valence-corrected chi connectivity index (χ1v) is 9.38. The monoisotopic (exact) mass is 378 g/mol. The lowest BCUT2D eigenvalue weighted by Crippen LogP contribution is -2.43. The van der Waals surface area contributed by atoms with Gasteiger partial charge in [-0.25, -0.2) is 22.4 Å². The standard InChI is InChI=1S/C15H26N2O7S/c1-9-10(8-25(21,22)16(5)6)11(13(19)23-7)12(18)17(9)14(20)24-15(2,3)4/h9-11H,8H2,1-7H3/t9-,10+,11-/m0/s1. The molecule has 1 aliphatic rings. The molecule has 0 aromatic rings. The Kier molecular flexibility index (Phi) is 6.22. The minimum absolute atomic E-state index is 0.466. The first kappa shape index (κ1) is 21.4. The third kappa shape index (κ3) is 4.69. The van der Waals surface area contributed by atoms with E-state index in [0.29, 0.717) is 0 Å². The molecule has 1 saturated heterocycles. The highest BCUT2D eigenvalue weighted by Gasteiger charge is 2.55. The smallest absolute Gasteiger partial charge is 0.417 e. The molecule has 3 atom stereocenters. The van der Waals surface area contributed by atoms with Gasteiger partial charge in [-0.15, -0.1) is 0 Å². The topological polar surface area (TPSA) is 110 Å². The van der Waals surface area contributed by atoms with Crippen LogP contribution in [0.1, 0.15) is 27.7 Å². The summed E-state index contributed by atoms with van der Waals surface area (Å²) < 4.78 is 35.3. The van der Waals surface area contributed by atoms with Gasteiger partial charge in [-0.1, -0.05) is 0 Å². The number of amides is 2. The van der Waals surface area contributed by atoms with Gasteiger partial charge in [-0.2, -0.15) is 0 Å². The molecule has 1 fully saturated rings. The fourth-order valence-electron chi connectivity index (χ4n) is 2.60. The van der Waals surface area contributed by atoms with Crippen LogP contribution in [0.25, 0.3) is 0 Å². The molecule has 0 spiro atoms. The van der Waals surface area contributed by atoms with Crippen LogP contribution in [-0.4, -0.2) is 74.2 Å². The van der Waals surface area contributed by atoms with Crippen LogP contribution in [0.5, 0.6) is 0 Å². The highest BCUT2D eigenvalue weighted by Crippen LogP contribution is 2.34. The Labute approximate surface area is 148 Å². The predicted molar refractivity (Wildman–Crippen MR) is 89.0 cm³/mol. The van der Waals surface area contributed by atoms with Crippen LogP contribution in [-0.2, 0) is 29.1 Å². The number of carbonyl (C=O) groups is 3. The molecule has 0 bridgehead atoms. The van der Waals surface area contributed by atoms with E-state index in [9.17, 15) is 22.8 Å². The lowest BCUT2D eigenvalue weighted by atomic mass is 9.93. The Morgan fingerprint density at radius 2 is 1.76 bits per heavy atom. The van der Waals surface area contributed by atoms with Gasteiger partial charge >= 0.3 is 12.1 Å². The third-order valence-corrected chi connectivity index (χ3v) is 5.88. The Hall–Kier alpha value is -1.68. The number of nitrogens with zero attached hydrogens (tertiary/aromatic N) is 2. The van der Waals surface area contributed by atoms with Crippen molar-refractivity contribution >= 4 is 28.0 Å². The van der Waals surface area contributed by atoms with Crippen molar-refractivity contribution < 1.29 is 32.3 Å². The van der Waals surface area contributed by atoms with Gasteiger partial charge in [0.25, 0.3) is 0 Å². The number of sulfonamides is 1. The van der Waals surface area contributed by atoms with E-state index in [-0.39, 0.29) is 0 Å². The lowest BCUT2D eigenvalue weighted by molar-refractivity contribution is -0.151. The number of rotatable bonds is 4. The molecular weight excluding hydrogens is 352 g/mol. The number of hydrogen-bond donors (Lipinski definition) is 0. The Bertz CT molecular complexity index is 651. The average molecular weight is 378 g/mol. The van der Waals surface area contributed by atoms with Gasteiger partial charge in [-0.3, -0.25) is 9.59 Å². The lowest BCUT2D eigenvalue weighted by Gasteiger charge is -2.27. The first-order valence-electron chi connectivity index (χ1n) is 7.77. The highest BCUT2D eigenvalue weighted by molar-refractivity contribution is 7.89. The molecule has 0 aromatic carbocycles. The van der Waals surface area contributed by atoms with Crippen molar-refractivity contribution in [2.75, 3.05) is 27.0 Å². The number of imide groups is 1. The van der Waals surface area contributed by atoms with Crippen molar-refractivity contribution in [2.45, 2.75) is 39.3 Å². The van der Waals surface area contributed by atoms with Gasteiger partial charge in [0.05, 0.1) is 12.9 Å². The fourth-order valence-corrected chi connectivity index (χ4v) is 3.86. The maximum atomic E-state index is 12.6. The zero-order valence-corrected chi connectivity index (χ0v) is 16.4. The molecule has 25 heavy (non-hydrogen) atoms. The van der Waals surface area contributed by atoms with Gasteiger partial charge in [0.2, 0.25) is 15.9 Å². The van der Waals surface area contributed by atoms with E-state index in [0.717, 1.165) is 16.3 Å². The van der Waals surface area contributed by atoms with Crippen LogP contribution in [0.2, 0.25) is 0 Å². The van der Waals surface area contributed by atoms with Crippen molar-refractivity contribution in [1.82, 2.24) is 9.21 Å². The molecule has 1 rings (SSSR count). The molecular formula is C15H26N2O7S. The molecule has 1 aliphatic heterocycles.